The summed E-state index contributed by atoms with van der Waals surface area (Å²) in [5.74, 6) is 0.594. The largest absolute Gasteiger partial charge is 0.489 e. The predicted octanol–water partition coefficient (Wildman–Crippen LogP) is 7.33. The van der Waals surface area contributed by atoms with Crippen molar-refractivity contribution in [3.05, 3.63) is 98.3 Å². The maximum absolute atomic E-state index is 12.8. The molecule has 0 unspecified atom stereocenters. The lowest BCUT2D eigenvalue weighted by Crippen LogP contribution is -2.12. The Kier molecular flexibility index (Phi) is 6.72. The Morgan fingerprint density at radius 3 is 2.53 bits per heavy atom. The molecule has 4 aromatic rings. The first-order valence-electron chi connectivity index (χ1n) is 10.2. The third-order valence-electron chi connectivity index (χ3n) is 5.21. The third-order valence-corrected chi connectivity index (χ3v) is 6.62. The van der Waals surface area contributed by atoms with Gasteiger partial charge in [-0.05, 0) is 79.9 Å². The number of aryl methyl sites for hydroxylation is 3. The normalized spacial score (nSPS) is 10.8. The van der Waals surface area contributed by atoms with Crippen molar-refractivity contribution in [1.82, 2.24) is 4.98 Å². The summed E-state index contributed by atoms with van der Waals surface area (Å²) in [4.78, 5) is 18.6. The molecule has 3 aromatic carbocycles. The molecule has 0 atom stereocenters. The molecule has 0 spiro atoms. The summed E-state index contributed by atoms with van der Waals surface area (Å²) in [6.45, 7) is 6.60. The molecule has 1 amide bonds. The Morgan fingerprint density at radius 1 is 1.00 bits per heavy atom. The number of nitrogens with zero attached hydrogens (tertiary/aromatic N) is 1. The molecule has 0 saturated carbocycles. The molecule has 6 heteroatoms. The standard InChI is InChI=1S/C26H23BrN2O2S/c1-16-7-8-20(13-17(16)2)24-18(3)32-26(28-24)29-25(30)21-6-4-5-19(14-21)15-31-23-11-9-22(27)10-12-23/h4-14H,15H2,1-3H3,(H,28,29,30). The molecule has 1 aromatic heterocycles. The number of carbonyl (C=O) groups excluding carboxylic acids is 1. The van der Waals surface area contributed by atoms with E-state index in [1.165, 1.54) is 22.5 Å². The summed E-state index contributed by atoms with van der Waals surface area (Å²) in [5.41, 5.74) is 5.94. The minimum Gasteiger partial charge on any atom is -0.489 e. The van der Waals surface area contributed by atoms with E-state index in [1.54, 1.807) is 6.07 Å². The summed E-state index contributed by atoms with van der Waals surface area (Å²) in [5, 5.41) is 3.54. The average molecular weight is 507 g/mol. The molecule has 4 nitrogen and oxygen atoms in total. The highest BCUT2D eigenvalue weighted by molar-refractivity contribution is 9.10. The van der Waals surface area contributed by atoms with Crippen LogP contribution in [0.25, 0.3) is 11.3 Å². The van der Waals surface area contributed by atoms with Gasteiger partial charge in [-0.1, -0.05) is 40.2 Å². The van der Waals surface area contributed by atoms with E-state index >= 15 is 0 Å². The number of amides is 1. The number of halogens is 1. The molecule has 4 rings (SSSR count). The van der Waals surface area contributed by atoms with Crippen molar-refractivity contribution >= 4 is 38.3 Å². The van der Waals surface area contributed by atoms with Gasteiger partial charge in [0.25, 0.3) is 5.91 Å². The lowest BCUT2D eigenvalue weighted by atomic mass is 10.0. The number of hydrogen-bond acceptors (Lipinski definition) is 4. The number of benzene rings is 3. The molecular weight excluding hydrogens is 484 g/mol. The van der Waals surface area contributed by atoms with Crippen LogP contribution in [-0.2, 0) is 6.61 Å². The fourth-order valence-electron chi connectivity index (χ4n) is 3.28. The number of anilines is 1. The first kappa shape index (κ1) is 22.2. The van der Waals surface area contributed by atoms with Crippen LogP contribution >= 0.6 is 27.3 Å². The molecule has 0 saturated heterocycles. The molecule has 0 aliphatic carbocycles. The van der Waals surface area contributed by atoms with Gasteiger partial charge in [0.2, 0.25) is 0 Å². The van der Waals surface area contributed by atoms with Gasteiger partial charge in [0.15, 0.2) is 5.13 Å². The van der Waals surface area contributed by atoms with Gasteiger partial charge in [-0.2, -0.15) is 0 Å². The summed E-state index contributed by atoms with van der Waals surface area (Å²) in [6, 6.07) is 21.4. The van der Waals surface area contributed by atoms with E-state index in [4.69, 9.17) is 4.74 Å². The van der Waals surface area contributed by atoms with Gasteiger partial charge in [0.1, 0.15) is 12.4 Å². The fraction of sp³-hybridized carbons (Fsp3) is 0.154. The van der Waals surface area contributed by atoms with Gasteiger partial charge in [0.05, 0.1) is 5.69 Å². The maximum atomic E-state index is 12.8. The molecule has 32 heavy (non-hydrogen) atoms. The van der Waals surface area contributed by atoms with Crippen LogP contribution in [-0.4, -0.2) is 10.9 Å². The van der Waals surface area contributed by atoms with Crippen molar-refractivity contribution in [2.75, 3.05) is 5.32 Å². The zero-order valence-corrected chi connectivity index (χ0v) is 20.5. The van der Waals surface area contributed by atoms with Gasteiger partial charge in [-0.15, -0.1) is 11.3 Å². The van der Waals surface area contributed by atoms with E-state index in [1.807, 2.05) is 49.4 Å². The zero-order valence-electron chi connectivity index (χ0n) is 18.1. The van der Waals surface area contributed by atoms with Crippen LogP contribution in [0.5, 0.6) is 5.75 Å². The zero-order chi connectivity index (χ0) is 22.7. The van der Waals surface area contributed by atoms with Gasteiger partial charge >= 0.3 is 0 Å². The van der Waals surface area contributed by atoms with Crippen molar-refractivity contribution in [2.45, 2.75) is 27.4 Å². The highest BCUT2D eigenvalue weighted by Gasteiger charge is 2.14. The Hall–Kier alpha value is -2.96. The lowest BCUT2D eigenvalue weighted by Gasteiger charge is -2.08. The highest BCUT2D eigenvalue weighted by Crippen LogP contribution is 2.31. The van der Waals surface area contributed by atoms with E-state index in [2.05, 4.69) is 58.3 Å². The fourth-order valence-corrected chi connectivity index (χ4v) is 4.37. The minimum absolute atomic E-state index is 0.184. The van der Waals surface area contributed by atoms with Crippen LogP contribution in [0.15, 0.2) is 71.2 Å². The topological polar surface area (TPSA) is 51.2 Å². The number of nitrogens with one attached hydrogen (secondary N) is 1. The first-order chi connectivity index (χ1) is 15.4. The van der Waals surface area contributed by atoms with Crippen molar-refractivity contribution in [3.63, 3.8) is 0 Å². The van der Waals surface area contributed by atoms with Crippen LogP contribution in [0.2, 0.25) is 0 Å². The number of hydrogen-bond donors (Lipinski definition) is 1. The van der Waals surface area contributed by atoms with Crippen molar-refractivity contribution in [1.29, 1.82) is 0 Å². The number of thiazole rings is 1. The second-order valence-corrected chi connectivity index (χ2v) is 9.74. The van der Waals surface area contributed by atoms with Crippen LogP contribution in [0.3, 0.4) is 0 Å². The third kappa shape index (κ3) is 5.26. The smallest absolute Gasteiger partial charge is 0.257 e. The van der Waals surface area contributed by atoms with Crippen molar-refractivity contribution in [3.8, 4) is 17.0 Å². The summed E-state index contributed by atoms with van der Waals surface area (Å²) < 4.78 is 6.82. The van der Waals surface area contributed by atoms with Crippen LogP contribution < -0.4 is 10.1 Å². The summed E-state index contributed by atoms with van der Waals surface area (Å²) in [6.07, 6.45) is 0. The van der Waals surface area contributed by atoms with Gasteiger partial charge < -0.3 is 4.74 Å². The quantitative estimate of drug-likeness (QED) is 0.297. The molecule has 0 aliphatic rings. The van der Waals surface area contributed by atoms with Gasteiger partial charge in [0, 0.05) is 20.5 Å². The molecular formula is C26H23BrN2O2S. The monoisotopic (exact) mass is 506 g/mol. The molecule has 162 valence electrons. The molecule has 1 N–H and O–H groups in total. The minimum atomic E-state index is -0.184. The Morgan fingerprint density at radius 2 is 1.78 bits per heavy atom. The van der Waals surface area contributed by atoms with E-state index in [-0.39, 0.29) is 5.91 Å². The lowest BCUT2D eigenvalue weighted by molar-refractivity contribution is 0.102. The van der Waals surface area contributed by atoms with E-state index in [9.17, 15) is 4.79 Å². The van der Waals surface area contributed by atoms with Crippen LogP contribution in [0.4, 0.5) is 5.13 Å². The molecule has 0 aliphatic heterocycles. The molecule has 0 fully saturated rings. The van der Waals surface area contributed by atoms with Gasteiger partial charge in [-0.3, -0.25) is 10.1 Å². The number of aromatic nitrogens is 1. The maximum Gasteiger partial charge on any atom is 0.257 e. The molecule has 1 heterocycles. The Labute approximate surface area is 200 Å². The first-order valence-corrected chi connectivity index (χ1v) is 11.8. The van der Waals surface area contributed by atoms with E-state index in [0.29, 0.717) is 17.3 Å². The molecule has 0 radical (unpaired) electrons. The Balaban J connectivity index is 1.45. The highest BCUT2D eigenvalue weighted by atomic mass is 79.9. The van der Waals surface area contributed by atoms with Gasteiger partial charge in [-0.25, -0.2) is 4.98 Å². The second-order valence-electron chi connectivity index (χ2n) is 7.62. The van der Waals surface area contributed by atoms with Crippen molar-refractivity contribution in [2.24, 2.45) is 0 Å². The number of rotatable bonds is 6. The average Bonchev–Trinajstić information content (AvgIpc) is 3.15. The van der Waals surface area contributed by atoms with Crippen LogP contribution in [0.1, 0.15) is 31.9 Å². The summed E-state index contributed by atoms with van der Waals surface area (Å²) >= 11 is 4.90. The Bertz CT molecular complexity index is 1270. The SMILES string of the molecule is Cc1ccc(-c2nc(NC(=O)c3cccc(COc4ccc(Br)cc4)c3)sc2C)cc1C. The molecule has 0 bridgehead atoms. The predicted molar refractivity (Wildman–Crippen MR) is 135 cm³/mol. The number of ether oxygens (including phenoxy) is 1. The van der Waals surface area contributed by atoms with E-state index in [0.717, 1.165) is 31.9 Å². The number of carbonyl (C=O) groups is 1. The van der Waals surface area contributed by atoms with Crippen LogP contribution in [0, 0.1) is 20.8 Å². The van der Waals surface area contributed by atoms with E-state index < -0.39 is 0 Å². The van der Waals surface area contributed by atoms with Crippen molar-refractivity contribution < 1.29 is 9.53 Å². The second kappa shape index (κ2) is 9.67. The summed E-state index contributed by atoms with van der Waals surface area (Å²) in [7, 11) is 0.